The van der Waals surface area contributed by atoms with Crippen molar-refractivity contribution in [3.63, 3.8) is 0 Å². The predicted octanol–water partition coefficient (Wildman–Crippen LogP) is 3.62. The molecule has 164 valence electrons. The minimum Gasteiger partial charge on any atom is -0.494 e. The van der Waals surface area contributed by atoms with Crippen molar-refractivity contribution in [3.8, 4) is 17.0 Å². The van der Waals surface area contributed by atoms with Crippen molar-refractivity contribution in [2.24, 2.45) is 0 Å². The molecule has 8 heteroatoms. The Labute approximate surface area is 190 Å². The van der Waals surface area contributed by atoms with Crippen LogP contribution in [0.4, 0.5) is 5.69 Å². The average molecular weight is 450 g/mol. The number of aromatic amines is 1. The highest BCUT2D eigenvalue weighted by Crippen LogP contribution is 2.38. The molecule has 0 aliphatic carbocycles. The van der Waals surface area contributed by atoms with Gasteiger partial charge in [-0.05, 0) is 54.4 Å². The van der Waals surface area contributed by atoms with E-state index in [0.29, 0.717) is 34.5 Å². The second-order valence-corrected chi connectivity index (χ2v) is 8.40. The number of benzene rings is 2. The molecule has 2 heterocycles. The molecule has 0 bridgehead atoms. The third-order valence-electron chi connectivity index (χ3n) is 5.23. The van der Waals surface area contributed by atoms with Gasteiger partial charge in [-0.1, -0.05) is 30.0 Å². The van der Waals surface area contributed by atoms with E-state index in [1.807, 2.05) is 56.3 Å². The fraction of sp³-hybridized carbons (Fsp3) is 0.250. The minimum atomic E-state index is -0.614. The molecule has 0 saturated carbocycles. The number of carbonyl (C=O) groups is 1. The number of aryl methyl sites for hydroxylation is 1. The van der Waals surface area contributed by atoms with Crippen LogP contribution in [0.2, 0.25) is 0 Å². The van der Waals surface area contributed by atoms with Crippen molar-refractivity contribution < 1.29 is 14.2 Å². The molecule has 0 fully saturated rings. The molecule has 1 N–H and O–H groups in total. The molecule has 0 saturated heterocycles. The summed E-state index contributed by atoms with van der Waals surface area (Å²) in [5, 5.41) is 5.21. The second kappa shape index (κ2) is 9.00. The van der Waals surface area contributed by atoms with Gasteiger partial charge in [0, 0.05) is 23.3 Å². The minimum absolute atomic E-state index is 0.144. The van der Waals surface area contributed by atoms with Gasteiger partial charge in [0.05, 0.1) is 17.9 Å². The van der Waals surface area contributed by atoms with Crippen LogP contribution in [-0.4, -0.2) is 28.3 Å². The zero-order chi connectivity index (χ0) is 22.8. The number of H-pyrrole nitrogens is 1. The van der Waals surface area contributed by atoms with Gasteiger partial charge in [-0.25, -0.2) is 4.90 Å². The lowest BCUT2D eigenvalue weighted by Gasteiger charge is -2.31. The van der Waals surface area contributed by atoms with Gasteiger partial charge in [-0.15, -0.1) is 6.58 Å². The van der Waals surface area contributed by atoms with Gasteiger partial charge in [-0.3, -0.25) is 14.6 Å². The summed E-state index contributed by atoms with van der Waals surface area (Å²) in [5.74, 6) is 1.24. The summed E-state index contributed by atoms with van der Waals surface area (Å²) in [6.45, 7) is 9.73. The van der Waals surface area contributed by atoms with E-state index >= 15 is 0 Å². The number of hydrogen-bond donors (Lipinski definition) is 1. The van der Waals surface area contributed by atoms with Crippen molar-refractivity contribution in [3.05, 3.63) is 76.6 Å². The third kappa shape index (κ3) is 3.82. The Morgan fingerprint density at radius 2 is 2.12 bits per heavy atom. The maximum absolute atomic E-state index is 13.2. The summed E-state index contributed by atoms with van der Waals surface area (Å²) in [7, 11) is 0. The average Bonchev–Trinajstić information content (AvgIpc) is 2.77. The predicted molar refractivity (Wildman–Crippen MR) is 125 cm³/mol. The fourth-order valence-corrected chi connectivity index (χ4v) is 4.55. The van der Waals surface area contributed by atoms with Crippen LogP contribution in [0, 0.1) is 6.92 Å². The number of fused-ring (bicyclic) bond motifs is 3. The molecule has 3 aromatic rings. The Morgan fingerprint density at radius 3 is 2.81 bits per heavy atom. The summed E-state index contributed by atoms with van der Waals surface area (Å²) >= 11 is 1.38. The highest BCUT2D eigenvalue weighted by atomic mass is 32.2. The highest BCUT2D eigenvalue weighted by Gasteiger charge is 2.44. The first-order valence-electron chi connectivity index (χ1n) is 10.4. The number of carbonyl (C=O) groups excluding carboxylic acids is 1. The lowest BCUT2D eigenvalue weighted by molar-refractivity contribution is -0.763. The van der Waals surface area contributed by atoms with Crippen molar-refractivity contribution in [1.82, 2.24) is 10.1 Å². The van der Waals surface area contributed by atoms with Crippen molar-refractivity contribution in [2.75, 3.05) is 17.3 Å². The van der Waals surface area contributed by atoms with Gasteiger partial charge in [0.15, 0.2) is 0 Å². The number of nitrogens with one attached hydrogen (secondary N) is 1. The summed E-state index contributed by atoms with van der Waals surface area (Å²) in [4.78, 5) is 30.7. The van der Waals surface area contributed by atoms with E-state index in [2.05, 4.69) is 11.6 Å². The number of amides is 1. The highest BCUT2D eigenvalue weighted by molar-refractivity contribution is 7.99. The maximum Gasteiger partial charge on any atom is 0.325 e. The first kappa shape index (κ1) is 21.8. The van der Waals surface area contributed by atoms with Crippen LogP contribution in [0.25, 0.3) is 11.3 Å². The smallest absolute Gasteiger partial charge is 0.325 e. The Morgan fingerprint density at radius 1 is 1.34 bits per heavy atom. The van der Waals surface area contributed by atoms with Gasteiger partial charge in [0.25, 0.3) is 6.17 Å². The van der Waals surface area contributed by atoms with Gasteiger partial charge < -0.3 is 4.74 Å². The first-order valence-corrected chi connectivity index (χ1v) is 11.4. The zero-order valence-electron chi connectivity index (χ0n) is 18.3. The summed E-state index contributed by atoms with van der Waals surface area (Å²) in [6.07, 6.45) is 1.14. The van der Waals surface area contributed by atoms with Crippen LogP contribution in [-0.2, 0) is 4.79 Å². The van der Waals surface area contributed by atoms with E-state index < -0.39 is 6.17 Å². The molecule has 1 aliphatic rings. The Bertz CT molecular complexity index is 1250. The first-order chi connectivity index (χ1) is 15.5. The monoisotopic (exact) mass is 449 g/mol. The third-order valence-corrected chi connectivity index (χ3v) is 6.09. The molecular weight excluding hydrogens is 424 g/mol. The Balaban J connectivity index is 1.99. The van der Waals surface area contributed by atoms with Crippen LogP contribution in [0.15, 0.2) is 65.1 Å². The maximum atomic E-state index is 13.2. The van der Waals surface area contributed by atoms with Crippen LogP contribution >= 0.6 is 11.8 Å². The van der Waals surface area contributed by atoms with E-state index in [-0.39, 0.29) is 11.5 Å². The zero-order valence-corrected chi connectivity index (χ0v) is 19.1. The van der Waals surface area contributed by atoms with Gasteiger partial charge in [-0.2, -0.15) is 0 Å². The lowest BCUT2D eigenvalue weighted by Crippen LogP contribution is -2.60. The van der Waals surface area contributed by atoms with Crippen molar-refractivity contribution >= 4 is 23.4 Å². The second-order valence-electron chi connectivity index (χ2n) is 7.39. The topological polar surface area (TPSA) is 79.2 Å². The van der Waals surface area contributed by atoms with Gasteiger partial charge in [0.1, 0.15) is 5.75 Å². The molecule has 32 heavy (non-hydrogen) atoms. The number of ether oxygens (including phenoxy) is 1. The summed E-state index contributed by atoms with van der Waals surface area (Å²) in [5.41, 5.74) is 3.28. The molecule has 2 aromatic carbocycles. The molecule has 1 amide bonds. The van der Waals surface area contributed by atoms with Crippen molar-refractivity contribution in [1.29, 1.82) is 0 Å². The van der Waals surface area contributed by atoms with Crippen LogP contribution in [0.5, 0.6) is 5.75 Å². The summed E-state index contributed by atoms with van der Waals surface area (Å²) in [6, 6.07) is 13.2. The largest absolute Gasteiger partial charge is 0.494 e. The van der Waals surface area contributed by atoms with Crippen LogP contribution < -0.4 is 19.9 Å². The van der Waals surface area contributed by atoms with E-state index in [9.17, 15) is 9.59 Å². The van der Waals surface area contributed by atoms with Crippen LogP contribution in [0.1, 0.15) is 31.1 Å². The lowest BCUT2D eigenvalue weighted by atomic mass is 10.0. The number of thioether (sulfide) groups is 1. The molecule has 1 aliphatic heterocycles. The normalized spacial score (nSPS) is 14.5. The van der Waals surface area contributed by atoms with E-state index in [1.54, 1.807) is 15.7 Å². The molecule has 1 atom stereocenters. The molecule has 7 nitrogen and oxygen atoms in total. The van der Waals surface area contributed by atoms with E-state index in [1.165, 1.54) is 18.7 Å². The molecule has 0 radical (unpaired) electrons. The van der Waals surface area contributed by atoms with Crippen molar-refractivity contribution in [2.45, 2.75) is 32.1 Å². The van der Waals surface area contributed by atoms with E-state index in [4.69, 9.17) is 9.84 Å². The molecule has 4 rings (SSSR count). The number of para-hydroxylation sites is 1. The molecule has 1 unspecified atom stereocenters. The SMILES string of the molecule is C=CCSc1n[n+]2c(c(=O)[nH]1)-c1ccccc1N(C(C)=O)C2c1ccc(OCC)c(C)c1. The number of anilines is 1. The number of aromatic nitrogens is 3. The van der Waals surface area contributed by atoms with E-state index in [0.717, 1.165) is 16.9 Å². The number of rotatable bonds is 6. The molecule has 1 aromatic heterocycles. The quantitative estimate of drug-likeness (QED) is 0.353. The Kier molecular flexibility index (Phi) is 6.14. The van der Waals surface area contributed by atoms with Gasteiger partial charge >= 0.3 is 11.3 Å². The standard InChI is InChI=1S/C24H24N4O3S/c1-5-13-32-24-25-22(30)21-18-9-7-8-10-19(18)27(16(4)29)23(28(21)26-24)17-11-12-20(31-6-2)15(3)14-17/h5,7-12,14,23H,1,6,13H2,2-4H3/p+1. The van der Waals surface area contributed by atoms with Gasteiger partial charge in [0.2, 0.25) is 11.1 Å². The number of hydrogen-bond acceptors (Lipinski definition) is 5. The van der Waals surface area contributed by atoms with Crippen LogP contribution in [0.3, 0.4) is 0 Å². The molecule has 0 spiro atoms. The fourth-order valence-electron chi connectivity index (χ4n) is 3.97. The number of nitrogens with zero attached hydrogens (tertiary/aromatic N) is 3. The Hall–Kier alpha value is -3.39. The molecular formula is C24H25N4O3S+. The summed E-state index contributed by atoms with van der Waals surface area (Å²) < 4.78 is 7.35.